The Labute approximate surface area is 210 Å². The molecule has 1 saturated heterocycles. The maximum Gasteiger partial charge on any atom is 0.339 e. The summed E-state index contributed by atoms with van der Waals surface area (Å²) in [6.45, 7) is 3.66. The molecule has 2 aromatic carbocycles. The highest BCUT2D eigenvalue weighted by molar-refractivity contribution is 6.39. The Morgan fingerprint density at radius 1 is 0.971 bits per heavy atom. The summed E-state index contributed by atoms with van der Waals surface area (Å²) >= 11 is 12.2. The SMILES string of the molecule is COC(=O)c1ccc(-n2c(C)cc(/C=C3\C(=O)NC(=O)N(c4ccc(Cl)cc4)C3=O)c2C)cc1Cl. The van der Waals surface area contributed by atoms with Crippen LogP contribution in [0.25, 0.3) is 11.8 Å². The Balaban J connectivity index is 1.74. The van der Waals surface area contributed by atoms with E-state index in [0.29, 0.717) is 22.0 Å². The van der Waals surface area contributed by atoms with Crippen LogP contribution >= 0.6 is 23.2 Å². The van der Waals surface area contributed by atoms with Gasteiger partial charge in [0.05, 0.1) is 23.4 Å². The second kappa shape index (κ2) is 9.40. The Bertz CT molecular complexity index is 1420. The molecule has 0 aliphatic carbocycles. The molecular weight excluding hydrogens is 493 g/mol. The molecule has 2 heterocycles. The number of ether oxygens (including phenoxy) is 1. The molecule has 4 rings (SSSR count). The monoisotopic (exact) mass is 511 g/mol. The number of methoxy groups -OCH3 is 1. The first-order chi connectivity index (χ1) is 16.6. The van der Waals surface area contributed by atoms with E-state index in [-0.39, 0.29) is 21.8 Å². The van der Waals surface area contributed by atoms with Gasteiger partial charge in [-0.25, -0.2) is 14.5 Å². The van der Waals surface area contributed by atoms with Crippen LogP contribution in [0.2, 0.25) is 10.0 Å². The van der Waals surface area contributed by atoms with Gasteiger partial charge in [-0.1, -0.05) is 23.2 Å². The number of aryl methyl sites for hydroxylation is 1. The molecule has 1 N–H and O–H groups in total. The lowest BCUT2D eigenvalue weighted by Crippen LogP contribution is -2.54. The number of hydrogen-bond acceptors (Lipinski definition) is 5. The van der Waals surface area contributed by atoms with E-state index in [1.807, 2.05) is 18.4 Å². The van der Waals surface area contributed by atoms with Crippen molar-refractivity contribution in [3.05, 3.63) is 86.7 Å². The maximum atomic E-state index is 13.2. The van der Waals surface area contributed by atoms with Crippen LogP contribution in [-0.2, 0) is 14.3 Å². The van der Waals surface area contributed by atoms with Crippen molar-refractivity contribution >= 4 is 58.8 Å². The first-order valence-corrected chi connectivity index (χ1v) is 11.1. The second-order valence-electron chi connectivity index (χ2n) is 7.75. The van der Waals surface area contributed by atoms with E-state index < -0.39 is 23.8 Å². The molecule has 10 heteroatoms. The zero-order chi connectivity index (χ0) is 25.4. The van der Waals surface area contributed by atoms with Crippen LogP contribution in [0.1, 0.15) is 27.3 Å². The predicted octanol–water partition coefficient (Wildman–Crippen LogP) is 4.85. The van der Waals surface area contributed by atoms with Crippen LogP contribution in [0.15, 0.2) is 54.1 Å². The van der Waals surface area contributed by atoms with Crippen LogP contribution in [-0.4, -0.2) is 35.5 Å². The van der Waals surface area contributed by atoms with Gasteiger partial charge in [-0.05, 0) is 74.0 Å². The van der Waals surface area contributed by atoms with Crippen molar-refractivity contribution < 1.29 is 23.9 Å². The summed E-state index contributed by atoms with van der Waals surface area (Å²) in [5, 5.41) is 2.87. The molecular formula is C25H19Cl2N3O5. The van der Waals surface area contributed by atoms with Gasteiger partial charge in [-0.3, -0.25) is 14.9 Å². The van der Waals surface area contributed by atoms with E-state index in [1.54, 1.807) is 36.4 Å². The highest BCUT2D eigenvalue weighted by Gasteiger charge is 2.37. The zero-order valence-electron chi connectivity index (χ0n) is 18.9. The number of amides is 4. The molecule has 0 atom stereocenters. The summed E-state index contributed by atoms with van der Waals surface area (Å²) in [6.07, 6.45) is 1.44. The van der Waals surface area contributed by atoms with Crippen molar-refractivity contribution in [2.45, 2.75) is 13.8 Å². The molecule has 0 saturated carbocycles. The molecule has 8 nitrogen and oxygen atoms in total. The molecule has 35 heavy (non-hydrogen) atoms. The van der Waals surface area contributed by atoms with Crippen molar-refractivity contribution in [3.8, 4) is 5.69 Å². The number of anilines is 1. The fourth-order valence-corrected chi connectivity index (χ4v) is 4.27. The summed E-state index contributed by atoms with van der Waals surface area (Å²) in [4.78, 5) is 50.8. The third kappa shape index (κ3) is 4.45. The fourth-order valence-electron chi connectivity index (χ4n) is 3.89. The van der Waals surface area contributed by atoms with Gasteiger partial charge in [-0.15, -0.1) is 0 Å². The van der Waals surface area contributed by atoms with E-state index >= 15 is 0 Å². The zero-order valence-corrected chi connectivity index (χ0v) is 20.4. The normalized spacial score (nSPS) is 14.9. The van der Waals surface area contributed by atoms with E-state index in [1.165, 1.54) is 25.3 Å². The van der Waals surface area contributed by atoms with Crippen molar-refractivity contribution in [2.75, 3.05) is 12.0 Å². The van der Waals surface area contributed by atoms with Crippen LogP contribution in [0.3, 0.4) is 0 Å². The van der Waals surface area contributed by atoms with E-state index in [0.717, 1.165) is 10.6 Å². The number of imide groups is 2. The number of nitrogens with one attached hydrogen (secondary N) is 1. The standard InChI is InChI=1S/C25H19Cl2N3O5/c1-13-10-15(14(2)29(13)18-8-9-19(21(27)12-18)24(33)35-3)11-20-22(31)28-25(34)30(23(20)32)17-6-4-16(26)5-7-17/h4-12H,1-3H3,(H,28,31,34)/b20-11+. The number of hydrogen-bond donors (Lipinski definition) is 1. The highest BCUT2D eigenvalue weighted by Crippen LogP contribution is 2.28. The van der Waals surface area contributed by atoms with Gasteiger partial charge >= 0.3 is 12.0 Å². The molecule has 0 bridgehead atoms. The van der Waals surface area contributed by atoms with Crippen molar-refractivity contribution in [3.63, 3.8) is 0 Å². The van der Waals surface area contributed by atoms with E-state index in [2.05, 4.69) is 5.32 Å². The number of carbonyl (C=O) groups excluding carboxylic acids is 4. The second-order valence-corrected chi connectivity index (χ2v) is 8.60. The van der Waals surface area contributed by atoms with E-state index in [4.69, 9.17) is 27.9 Å². The molecule has 4 amide bonds. The van der Waals surface area contributed by atoms with Gasteiger partial charge in [0.2, 0.25) is 0 Å². The van der Waals surface area contributed by atoms with Gasteiger partial charge in [0, 0.05) is 22.1 Å². The van der Waals surface area contributed by atoms with Crippen LogP contribution in [0, 0.1) is 13.8 Å². The number of nitrogens with zero attached hydrogens (tertiary/aromatic N) is 2. The largest absolute Gasteiger partial charge is 0.465 e. The number of carbonyl (C=O) groups is 4. The molecule has 0 spiro atoms. The van der Waals surface area contributed by atoms with Gasteiger partial charge in [0.25, 0.3) is 11.8 Å². The number of urea groups is 1. The van der Waals surface area contributed by atoms with Crippen LogP contribution in [0.4, 0.5) is 10.5 Å². The van der Waals surface area contributed by atoms with Crippen molar-refractivity contribution in [1.82, 2.24) is 9.88 Å². The molecule has 1 aliphatic rings. The fraction of sp³-hybridized carbons (Fsp3) is 0.120. The molecule has 178 valence electrons. The van der Waals surface area contributed by atoms with Gasteiger partial charge in [-0.2, -0.15) is 0 Å². The van der Waals surface area contributed by atoms with Crippen molar-refractivity contribution in [1.29, 1.82) is 0 Å². The third-order valence-corrected chi connectivity index (χ3v) is 6.14. The maximum absolute atomic E-state index is 13.2. The Morgan fingerprint density at radius 2 is 1.63 bits per heavy atom. The average Bonchev–Trinajstić information content (AvgIpc) is 3.09. The molecule has 1 aliphatic heterocycles. The topological polar surface area (TPSA) is 97.7 Å². The Kier molecular flexibility index (Phi) is 6.51. The minimum absolute atomic E-state index is 0.195. The first-order valence-electron chi connectivity index (χ1n) is 10.4. The number of esters is 1. The number of rotatable bonds is 4. The van der Waals surface area contributed by atoms with Gasteiger partial charge < -0.3 is 9.30 Å². The molecule has 1 fully saturated rings. The smallest absolute Gasteiger partial charge is 0.339 e. The molecule has 0 radical (unpaired) electrons. The summed E-state index contributed by atoms with van der Waals surface area (Å²) in [5.74, 6) is -2.09. The minimum Gasteiger partial charge on any atom is -0.465 e. The lowest BCUT2D eigenvalue weighted by atomic mass is 10.1. The first kappa shape index (κ1) is 24.3. The summed E-state index contributed by atoms with van der Waals surface area (Å²) in [6, 6.07) is 12.0. The average molecular weight is 512 g/mol. The molecule has 1 aromatic heterocycles. The molecule has 3 aromatic rings. The van der Waals surface area contributed by atoms with Crippen LogP contribution in [0.5, 0.6) is 0 Å². The highest BCUT2D eigenvalue weighted by atomic mass is 35.5. The quantitative estimate of drug-likeness (QED) is 0.306. The summed E-state index contributed by atoms with van der Waals surface area (Å²) in [7, 11) is 1.27. The molecule has 0 unspecified atom stereocenters. The summed E-state index contributed by atoms with van der Waals surface area (Å²) < 4.78 is 6.60. The third-order valence-electron chi connectivity index (χ3n) is 5.57. The van der Waals surface area contributed by atoms with Crippen LogP contribution < -0.4 is 10.2 Å². The predicted molar refractivity (Wildman–Crippen MR) is 132 cm³/mol. The lowest BCUT2D eigenvalue weighted by molar-refractivity contribution is -0.122. The van der Waals surface area contributed by atoms with Gasteiger partial charge in [0.15, 0.2) is 0 Å². The number of halogens is 2. The number of aromatic nitrogens is 1. The number of barbiturate groups is 1. The minimum atomic E-state index is -0.842. The number of benzene rings is 2. The summed E-state index contributed by atoms with van der Waals surface area (Å²) in [5.41, 5.74) is 3.11. The van der Waals surface area contributed by atoms with Gasteiger partial charge in [0.1, 0.15) is 5.57 Å². The lowest BCUT2D eigenvalue weighted by Gasteiger charge is -2.26. The Hall–Kier alpha value is -3.88. The van der Waals surface area contributed by atoms with E-state index in [9.17, 15) is 19.2 Å². The Morgan fingerprint density at radius 3 is 2.26 bits per heavy atom. The van der Waals surface area contributed by atoms with Crippen molar-refractivity contribution in [2.24, 2.45) is 0 Å².